The number of rotatable bonds is 7. The third-order valence-corrected chi connectivity index (χ3v) is 5.40. The molecule has 0 aromatic heterocycles. The predicted molar refractivity (Wildman–Crippen MR) is 101 cm³/mol. The summed E-state index contributed by atoms with van der Waals surface area (Å²) in [5.41, 5.74) is -1.73. The van der Waals surface area contributed by atoms with Gasteiger partial charge in [-0.1, -0.05) is 0 Å². The minimum Gasteiger partial charge on any atom is -0.744 e. The van der Waals surface area contributed by atoms with Crippen LogP contribution in [0.4, 0.5) is 21.9 Å². The van der Waals surface area contributed by atoms with Gasteiger partial charge in [0, 0.05) is 0 Å². The maximum absolute atomic E-state index is 12.3. The minimum atomic E-state index is -5.29. The van der Waals surface area contributed by atoms with Crippen LogP contribution in [0.2, 0.25) is 0 Å². The number of ether oxygens (including phenoxy) is 2. The number of nitro groups is 1. The largest absolute Gasteiger partial charge is 1.00 e. The Hall–Kier alpha value is -1.47. The molecule has 2 aromatic rings. The molecule has 0 saturated carbocycles. The summed E-state index contributed by atoms with van der Waals surface area (Å²) in [6.45, 7) is 0. The fourth-order valence-electron chi connectivity index (χ4n) is 2.37. The van der Waals surface area contributed by atoms with Crippen molar-refractivity contribution in [1.29, 1.82) is 0 Å². The average molecular weight is 521 g/mol. The van der Waals surface area contributed by atoms with Crippen molar-refractivity contribution in [2.75, 3.05) is 24.9 Å². The second-order valence-corrected chi connectivity index (χ2v) is 8.35. The van der Waals surface area contributed by atoms with E-state index < -0.39 is 52.4 Å². The van der Waals surface area contributed by atoms with Crippen LogP contribution in [0, 0.1) is 10.1 Å². The number of amides is 2. The van der Waals surface area contributed by atoms with Gasteiger partial charge in [0.25, 0.3) is 5.69 Å². The second kappa shape index (κ2) is 12.3. The van der Waals surface area contributed by atoms with Crippen molar-refractivity contribution in [2.45, 2.75) is 9.79 Å². The molecular weight excluding hydrogens is 508 g/mol. The summed E-state index contributed by atoms with van der Waals surface area (Å²) >= 11 is 0. The normalized spacial score (nSPS) is 10.8. The number of urea groups is 1. The first-order valence-electron chi connectivity index (χ1n) is 7.82. The Labute approximate surface area is 232 Å². The molecule has 0 radical (unpaired) electrons. The van der Waals surface area contributed by atoms with E-state index in [1.165, 1.54) is 7.11 Å². The van der Waals surface area contributed by atoms with Gasteiger partial charge in [0.1, 0.15) is 36.6 Å². The first kappa shape index (κ1) is 31.5. The van der Waals surface area contributed by atoms with E-state index >= 15 is 0 Å². The van der Waals surface area contributed by atoms with E-state index in [1.54, 1.807) is 0 Å². The van der Waals surface area contributed by atoms with E-state index in [9.17, 15) is 40.8 Å². The predicted octanol–water partition coefficient (Wildman–Crippen LogP) is -4.93. The summed E-state index contributed by atoms with van der Waals surface area (Å²) in [6, 6.07) is 2.94. The van der Waals surface area contributed by atoms with E-state index in [0.29, 0.717) is 12.1 Å². The van der Waals surface area contributed by atoms with Gasteiger partial charge in [-0.2, -0.15) is 0 Å². The van der Waals surface area contributed by atoms with Crippen LogP contribution in [0.25, 0.3) is 0 Å². The monoisotopic (exact) mass is 521 g/mol. The summed E-state index contributed by atoms with van der Waals surface area (Å²) in [6.07, 6.45) is 0. The molecule has 0 saturated heterocycles. The van der Waals surface area contributed by atoms with Crippen LogP contribution in [0.1, 0.15) is 0 Å². The topological polar surface area (TPSA) is 217 Å². The Bertz CT molecular complexity index is 1270. The zero-order chi connectivity index (χ0) is 23.6. The fourth-order valence-corrected chi connectivity index (χ4v) is 3.52. The van der Waals surface area contributed by atoms with Crippen LogP contribution < -0.4 is 79.2 Å². The molecule has 0 aliphatic carbocycles. The molecule has 2 amide bonds. The molecule has 0 atom stereocenters. The Kier molecular flexibility index (Phi) is 11.7. The number of methoxy groups -OCH3 is 2. The van der Waals surface area contributed by atoms with Crippen molar-refractivity contribution in [3.8, 4) is 11.5 Å². The summed E-state index contributed by atoms with van der Waals surface area (Å²) in [5, 5.41) is 15.3. The van der Waals surface area contributed by atoms with Gasteiger partial charge in [-0.3, -0.25) is 10.1 Å². The molecule has 14 nitrogen and oxygen atoms in total. The number of nitrogens with zero attached hydrogens (tertiary/aromatic N) is 1. The molecule has 0 spiro atoms. The number of carbonyl (C=O) groups is 1. The van der Waals surface area contributed by atoms with Crippen molar-refractivity contribution in [1.82, 2.24) is 0 Å². The standard InChI is InChI=1S/C15H15N3O11S2.2Na/c1-28-12-4-3-8(30(22,23)24)5-9(12)16-15(19)17-10-6-14(31(25,26)27)11(18(20)21)7-13(10)29-2;;/h3-7H,1-2H3,(H2,16,17,19)(H,22,23,24)(H,25,26,27);;/q;2*+1/p-2. The third kappa shape index (κ3) is 8.06. The Balaban J connectivity index is 0.00000512. The molecule has 33 heavy (non-hydrogen) atoms. The molecular formula is C15H13N3Na2O11S2. The zero-order valence-electron chi connectivity index (χ0n) is 17.6. The molecule has 0 bridgehead atoms. The maximum Gasteiger partial charge on any atom is 1.00 e. The van der Waals surface area contributed by atoms with Gasteiger partial charge < -0.3 is 29.2 Å². The van der Waals surface area contributed by atoms with Gasteiger partial charge in [-0.05, 0) is 24.3 Å². The molecule has 0 heterocycles. The Morgan fingerprint density at radius 1 is 0.879 bits per heavy atom. The Morgan fingerprint density at radius 3 is 1.82 bits per heavy atom. The van der Waals surface area contributed by atoms with Gasteiger partial charge >= 0.3 is 65.1 Å². The quantitative estimate of drug-likeness (QED) is 0.152. The van der Waals surface area contributed by atoms with Crippen molar-refractivity contribution in [3.63, 3.8) is 0 Å². The van der Waals surface area contributed by atoms with Crippen LogP contribution in [-0.4, -0.2) is 51.1 Å². The molecule has 2 rings (SSSR count). The summed E-state index contributed by atoms with van der Waals surface area (Å²) in [5.74, 6) is -0.377. The summed E-state index contributed by atoms with van der Waals surface area (Å²) in [7, 11) is -7.88. The van der Waals surface area contributed by atoms with Crippen LogP contribution in [0.15, 0.2) is 40.1 Å². The molecule has 168 valence electrons. The molecule has 0 aliphatic rings. The average Bonchev–Trinajstić information content (AvgIpc) is 2.65. The third-order valence-electron chi connectivity index (χ3n) is 3.70. The number of hydrogen-bond acceptors (Lipinski definition) is 11. The van der Waals surface area contributed by atoms with E-state index in [-0.39, 0.29) is 76.3 Å². The summed E-state index contributed by atoms with van der Waals surface area (Å²) < 4.78 is 77.5. The maximum atomic E-state index is 12.3. The molecule has 0 aliphatic heterocycles. The van der Waals surface area contributed by atoms with Crippen molar-refractivity contribution in [3.05, 3.63) is 40.4 Å². The van der Waals surface area contributed by atoms with Crippen molar-refractivity contribution < 1.29 is 104 Å². The van der Waals surface area contributed by atoms with Gasteiger partial charge in [0.2, 0.25) is 0 Å². The number of hydrogen-bond donors (Lipinski definition) is 2. The number of carbonyl (C=O) groups excluding carboxylic acids is 1. The number of anilines is 2. The Morgan fingerprint density at radius 2 is 1.39 bits per heavy atom. The van der Waals surface area contributed by atoms with Crippen LogP contribution in [0.3, 0.4) is 0 Å². The minimum absolute atomic E-state index is 0. The van der Waals surface area contributed by atoms with E-state index in [0.717, 1.165) is 25.3 Å². The second-order valence-electron chi connectivity index (χ2n) is 5.63. The first-order chi connectivity index (χ1) is 14.3. The van der Waals surface area contributed by atoms with Crippen LogP contribution in [-0.2, 0) is 20.2 Å². The first-order valence-corrected chi connectivity index (χ1v) is 10.6. The molecule has 2 aromatic carbocycles. The molecule has 0 fully saturated rings. The SMILES string of the molecule is COc1ccc(S(=O)(=O)[O-])cc1NC(=O)Nc1cc(S(=O)(=O)[O-])c([N+](=O)[O-])cc1OC.[Na+].[Na+]. The molecule has 0 unspecified atom stereocenters. The van der Waals surface area contributed by atoms with E-state index in [1.807, 2.05) is 0 Å². The van der Waals surface area contributed by atoms with Crippen molar-refractivity contribution in [2.24, 2.45) is 0 Å². The zero-order valence-corrected chi connectivity index (χ0v) is 23.3. The van der Waals surface area contributed by atoms with Crippen LogP contribution >= 0.6 is 0 Å². The molecule has 18 heteroatoms. The number of nitro benzene ring substituents is 1. The van der Waals surface area contributed by atoms with Crippen LogP contribution in [0.5, 0.6) is 11.5 Å². The van der Waals surface area contributed by atoms with E-state index in [4.69, 9.17) is 9.47 Å². The smallest absolute Gasteiger partial charge is 0.744 e. The van der Waals surface area contributed by atoms with Crippen molar-refractivity contribution >= 4 is 43.3 Å². The fraction of sp³-hybridized carbons (Fsp3) is 0.133. The van der Waals surface area contributed by atoms with Gasteiger partial charge in [-0.25, -0.2) is 21.6 Å². The number of nitrogens with one attached hydrogen (secondary N) is 2. The van der Waals surface area contributed by atoms with Gasteiger partial charge in [0.05, 0.1) is 41.5 Å². The van der Waals surface area contributed by atoms with Gasteiger partial charge in [-0.15, -0.1) is 0 Å². The molecule has 2 N–H and O–H groups in total. The summed E-state index contributed by atoms with van der Waals surface area (Å²) in [4.78, 5) is 20.4. The number of benzene rings is 2. The van der Waals surface area contributed by atoms with Gasteiger partial charge in [0.15, 0.2) is 0 Å². The van der Waals surface area contributed by atoms with E-state index in [2.05, 4.69) is 10.6 Å².